The Morgan fingerprint density at radius 3 is 2.72 bits per heavy atom. The van der Waals surface area contributed by atoms with E-state index in [4.69, 9.17) is 4.98 Å². The van der Waals surface area contributed by atoms with Crippen LogP contribution in [0.5, 0.6) is 0 Å². The van der Waals surface area contributed by atoms with Crippen LogP contribution in [0.2, 0.25) is 0 Å². The minimum absolute atomic E-state index is 0.00951. The van der Waals surface area contributed by atoms with Crippen molar-refractivity contribution in [2.45, 2.75) is 46.2 Å². The monoisotopic (exact) mass is 338 g/mol. The lowest BCUT2D eigenvalue weighted by Gasteiger charge is -2.36. The molecule has 1 atom stereocenters. The third kappa shape index (κ3) is 4.16. The lowest BCUT2D eigenvalue weighted by Crippen LogP contribution is -2.36. The van der Waals surface area contributed by atoms with E-state index in [1.807, 2.05) is 31.4 Å². The van der Waals surface area contributed by atoms with Crippen LogP contribution in [-0.4, -0.2) is 22.9 Å². The lowest BCUT2D eigenvalue weighted by atomic mass is 9.74. The maximum absolute atomic E-state index is 11.6. The maximum atomic E-state index is 11.6. The van der Waals surface area contributed by atoms with E-state index in [-0.39, 0.29) is 17.4 Å². The van der Waals surface area contributed by atoms with Gasteiger partial charge in [0, 0.05) is 32.3 Å². The van der Waals surface area contributed by atoms with Crippen LogP contribution in [0.3, 0.4) is 0 Å². The number of carbonyl (C=O) groups excluding carboxylic acids is 1. The largest absolute Gasteiger partial charge is 0.349 e. The number of nitrogens with zero attached hydrogens (tertiary/aromatic N) is 3. The Kier molecular flexibility index (Phi) is 4.75. The molecule has 1 heterocycles. The Hall–Kier alpha value is -2.43. The summed E-state index contributed by atoms with van der Waals surface area (Å²) in [4.78, 5) is 23.0. The molecule has 5 heteroatoms. The summed E-state index contributed by atoms with van der Waals surface area (Å²) in [5.41, 5.74) is 3.41. The highest BCUT2D eigenvalue weighted by Gasteiger charge is 2.34. The predicted molar refractivity (Wildman–Crippen MR) is 99.2 cm³/mol. The fourth-order valence-corrected chi connectivity index (χ4v) is 3.52. The molecule has 0 aliphatic heterocycles. The molecule has 1 aliphatic rings. The second-order valence-corrected chi connectivity index (χ2v) is 7.71. The van der Waals surface area contributed by atoms with Crippen LogP contribution in [0.4, 0.5) is 5.95 Å². The summed E-state index contributed by atoms with van der Waals surface area (Å²) >= 11 is 0. The van der Waals surface area contributed by atoms with Crippen molar-refractivity contribution < 1.29 is 4.79 Å². The average Bonchev–Trinajstić information content (AvgIpc) is 2.53. The number of anilines is 1. The first-order valence-corrected chi connectivity index (χ1v) is 8.72. The molecular weight excluding hydrogens is 312 g/mol. The maximum Gasteiger partial charge on any atom is 0.225 e. The van der Waals surface area contributed by atoms with Crippen LogP contribution < -0.4 is 10.2 Å². The van der Waals surface area contributed by atoms with E-state index in [2.05, 4.69) is 41.2 Å². The fourth-order valence-electron chi connectivity index (χ4n) is 3.52. The zero-order valence-corrected chi connectivity index (χ0v) is 15.4. The highest BCUT2D eigenvalue weighted by atomic mass is 16.1. The Balaban J connectivity index is 1.86. The number of aromatic nitrogens is 2. The molecular formula is C20H26N4O. The first-order valence-electron chi connectivity index (χ1n) is 8.72. The molecule has 3 rings (SSSR count). The molecule has 0 spiro atoms. The second kappa shape index (κ2) is 6.82. The number of hydrogen-bond donors (Lipinski definition) is 1. The van der Waals surface area contributed by atoms with Gasteiger partial charge in [-0.1, -0.05) is 44.2 Å². The van der Waals surface area contributed by atoms with Gasteiger partial charge in [0.05, 0.1) is 11.7 Å². The lowest BCUT2D eigenvalue weighted by molar-refractivity contribution is -0.120. The van der Waals surface area contributed by atoms with Crippen molar-refractivity contribution in [1.29, 1.82) is 0 Å². The Labute approximate surface area is 149 Å². The molecule has 2 aromatic rings. The first-order chi connectivity index (χ1) is 11.8. The van der Waals surface area contributed by atoms with Crippen molar-refractivity contribution in [1.82, 2.24) is 15.3 Å². The Morgan fingerprint density at radius 2 is 2.04 bits per heavy atom. The summed E-state index contributed by atoms with van der Waals surface area (Å²) in [5.74, 6) is 0.709. The highest BCUT2D eigenvalue weighted by Crippen LogP contribution is 2.40. The molecule has 0 saturated heterocycles. The van der Waals surface area contributed by atoms with E-state index < -0.39 is 0 Å². The molecule has 0 saturated carbocycles. The third-order valence-electron chi connectivity index (χ3n) is 4.65. The number of benzene rings is 1. The molecule has 1 aliphatic carbocycles. The molecule has 1 aromatic carbocycles. The fraction of sp³-hybridized carbons (Fsp3) is 0.450. The van der Waals surface area contributed by atoms with Crippen LogP contribution in [0.1, 0.15) is 50.1 Å². The summed E-state index contributed by atoms with van der Waals surface area (Å²) in [6.07, 6.45) is 3.68. The molecule has 132 valence electrons. The van der Waals surface area contributed by atoms with Crippen molar-refractivity contribution in [3.63, 3.8) is 0 Å². The summed E-state index contributed by atoms with van der Waals surface area (Å²) in [5, 5.41) is 3.05. The number of rotatable bonds is 4. The van der Waals surface area contributed by atoms with Gasteiger partial charge >= 0.3 is 0 Å². The van der Waals surface area contributed by atoms with Gasteiger partial charge < -0.3 is 10.2 Å². The van der Waals surface area contributed by atoms with Gasteiger partial charge in [-0.15, -0.1) is 0 Å². The number of amides is 1. The number of carbonyl (C=O) groups is 1. The van der Waals surface area contributed by atoms with Gasteiger partial charge in [-0.25, -0.2) is 9.97 Å². The van der Waals surface area contributed by atoms with Crippen LogP contribution in [-0.2, 0) is 17.8 Å². The van der Waals surface area contributed by atoms with Gasteiger partial charge in [-0.05, 0) is 23.8 Å². The predicted octanol–water partition coefficient (Wildman–Crippen LogP) is 3.26. The smallest absolute Gasteiger partial charge is 0.225 e. The standard InChI is InChI=1S/C20H26N4O/c1-14(25)22-17-10-20(2,3)11-18-16(17)12-21-19(23-18)24(4)13-15-8-6-5-7-9-15/h5-9,12,17H,10-11,13H2,1-4H3,(H,22,25)/t17-/m1/s1. The molecule has 0 unspecified atom stereocenters. The van der Waals surface area contributed by atoms with Gasteiger partial charge in [0.25, 0.3) is 0 Å². The zero-order chi connectivity index (χ0) is 18.0. The molecule has 25 heavy (non-hydrogen) atoms. The van der Waals surface area contributed by atoms with Gasteiger partial charge in [0.1, 0.15) is 0 Å². The molecule has 0 fully saturated rings. The van der Waals surface area contributed by atoms with E-state index in [1.54, 1.807) is 6.92 Å². The summed E-state index contributed by atoms with van der Waals surface area (Å²) in [6.45, 7) is 6.77. The van der Waals surface area contributed by atoms with Gasteiger partial charge in [-0.3, -0.25) is 4.79 Å². The Morgan fingerprint density at radius 1 is 1.32 bits per heavy atom. The Bertz CT molecular complexity index is 758. The van der Waals surface area contributed by atoms with Crippen molar-refractivity contribution in [2.24, 2.45) is 5.41 Å². The molecule has 1 amide bonds. The van der Waals surface area contributed by atoms with Gasteiger partial charge in [0.2, 0.25) is 11.9 Å². The van der Waals surface area contributed by atoms with Crippen LogP contribution in [0.15, 0.2) is 36.5 Å². The SMILES string of the molecule is CC(=O)N[C@@H]1CC(C)(C)Cc2nc(N(C)Cc3ccccc3)ncc21. The van der Waals surface area contributed by atoms with E-state index in [9.17, 15) is 4.79 Å². The minimum atomic E-state index is -0.0149. The number of nitrogens with one attached hydrogen (secondary N) is 1. The van der Waals surface area contributed by atoms with Crippen molar-refractivity contribution in [2.75, 3.05) is 11.9 Å². The zero-order valence-electron chi connectivity index (χ0n) is 15.4. The number of fused-ring (bicyclic) bond motifs is 1. The first kappa shape index (κ1) is 17.4. The second-order valence-electron chi connectivity index (χ2n) is 7.71. The molecule has 0 radical (unpaired) electrons. The van der Waals surface area contributed by atoms with Gasteiger partial charge in [-0.2, -0.15) is 0 Å². The average molecular weight is 338 g/mol. The molecule has 5 nitrogen and oxygen atoms in total. The van der Waals surface area contributed by atoms with Crippen LogP contribution >= 0.6 is 0 Å². The van der Waals surface area contributed by atoms with Gasteiger partial charge in [0.15, 0.2) is 0 Å². The van der Waals surface area contributed by atoms with Crippen LogP contribution in [0, 0.1) is 5.41 Å². The highest BCUT2D eigenvalue weighted by molar-refractivity contribution is 5.73. The number of hydrogen-bond acceptors (Lipinski definition) is 4. The minimum Gasteiger partial charge on any atom is -0.349 e. The molecule has 1 aromatic heterocycles. The quantitative estimate of drug-likeness (QED) is 0.929. The van der Waals surface area contributed by atoms with Crippen molar-refractivity contribution in [3.05, 3.63) is 53.3 Å². The summed E-state index contributed by atoms with van der Waals surface area (Å²) < 4.78 is 0. The van der Waals surface area contributed by atoms with E-state index >= 15 is 0 Å². The molecule has 1 N–H and O–H groups in total. The normalized spacial score (nSPS) is 18.3. The van der Waals surface area contributed by atoms with E-state index in [0.29, 0.717) is 0 Å². The third-order valence-corrected chi connectivity index (χ3v) is 4.65. The topological polar surface area (TPSA) is 58.1 Å². The summed E-state index contributed by atoms with van der Waals surface area (Å²) in [6, 6.07) is 10.3. The van der Waals surface area contributed by atoms with Crippen molar-refractivity contribution >= 4 is 11.9 Å². The van der Waals surface area contributed by atoms with Crippen molar-refractivity contribution in [3.8, 4) is 0 Å². The van der Waals surface area contributed by atoms with E-state index in [1.165, 1.54) is 5.56 Å². The summed E-state index contributed by atoms with van der Waals surface area (Å²) in [7, 11) is 2.01. The van der Waals surface area contributed by atoms with E-state index in [0.717, 1.165) is 36.6 Å². The van der Waals surface area contributed by atoms with Crippen LogP contribution in [0.25, 0.3) is 0 Å². The molecule has 0 bridgehead atoms.